The second-order valence-corrected chi connectivity index (χ2v) is 4.52. The van der Waals surface area contributed by atoms with Crippen LogP contribution in [0.1, 0.15) is 25.0 Å². The van der Waals surface area contributed by atoms with Crippen molar-refractivity contribution in [1.29, 1.82) is 0 Å². The first kappa shape index (κ1) is 16.9. The van der Waals surface area contributed by atoms with Crippen LogP contribution < -0.4 is 4.90 Å². The fourth-order valence-electron chi connectivity index (χ4n) is 2.01. The third-order valence-corrected chi connectivity index (χ3v) is 3.01. The van der Waals surface area contributed by atoms with Crippen LogP contribution in [0.15, 0.2) is 12.3 Å². The van der Waals surface area contributed by atoms with Crippen LogP contribution in [0.5, 0.6) is 0 Å². The number of hydrogen-bond donors (Lipinski definition) is 1. The molecular formula is C15H26N2O3. The Morgan fingerprint density at radius 3 is 2.20 bits per heavy atom. The molecule has 5 nitrogen and oxygen atoms in total. The van der Waals surface area contributed by atoms with Crippen molar-refractivity contribution in [3.63, 3.8) is 0 Å². The van der Waals surface area contributed by atoms with Crippen molar-refractivity contribution in [1.82, 2.24) is 4.98 Å². The maximum absolute atomic E-state index is 9.14. The molecule has 1 N–H and O–H groups in total. The van der Waals surface area contributed by atoms with Crippen molar-refractivity contribution >= 4 is 5.82 Å². The molecule has 0 aliphatic rings. The van der Waals surface area contributed by atoms with Crippen LogP contribution in [-0.4, -0.2) is 49.6 Å². The lowest BCUT2D eigenvalue weighted by Gasteiger charge is -2.25. The van der Waals surface area contributed by atoms with Crippen LogP contribution in [0.4, 0.5) is 5.82 Å². The molecule has 0 aromatic carbocycles. The van der Waals surface area contributed by atoms with Crippen molar-refractivity contribution < 1.29 is 14.6 Å². The first-order valence-electron chi connectivity index (χ1n) is 7.19. The van der Waals surface area contributed by atoms with Crippen LogP contribution in [-0.2, 0) is 16.1 Å². The highest BCUT2D eigenvalue weighted by Gasteiger charge is 2.11. The van der Waals surface area contributed by atoms with E-state index in [0.717, 1.165) is 43.2 Å². The molecule has 0 bridgehead atoms. The molecule has 1 heterocycles. The number of pyridine rings is 1. The molecule has 0 aliphatic carbocycles. The van der Waals surface area contributed by atoms with Crippen LogP contribution in [0.2, 0.25) is 0 Å². The SMILES string of the molecule is CCOCCN(CCOCC)c1ncc(CO)cc1C. The summed E-state index contributed by atoms with van der Waals surface area (Å²) in [5.41, 5.74) is 1.89. The Morgan fingerprint density at radius 1 is 1.15 bits per heavy atom. The Balaban J connectivity index is 2.73. The Hall–Kier alpha value is -1.17. The summed E-state index contributed by atoms with van der Waals surface area (Å²) in [7, 11) is 0. The molecule has 0 spiro atoms. The Labute approximate surface area is 121 Å². The number of nitrogens with zero attached hydrogens (tertiary/aromatic N) is 2. The molecule has 114 valence electrons. The van der Waals surface area contributed by atoms with Gasteiger partial charge in [-0.3, -0.25) is 0 Å². The Bertz CT molecular complexity index is 375. The minimum absolute atomic E-state index is 0.0199. The van der Waals surface area contributed by atoms with Gasteiger partial charge >= 0.3 is 0 Å². The number of ether oxygens (including phenoxy) is 2. The molecule has 0 atom stereocenters. The standard InChI is InChI=1S/C15H26N2O3/c1-4-19-8-6-17(7-9-20-5-2)15-13(3)10-14(12-18)11-16-15/h10-11,18H,4-9,12H2,1-3H3. The molecule has 0 saturated carbocycles. The van der Waals surface area contributed by atoms with E-state index in [4.69, 9.17) is 14.6 Å². The van der Waals surface area contributed by atoms with E-state index in [1.807, 2.05) is 26.8 Å². The molecular weight excluding hydrogens is 256 g/mol. The smallest absolute Gasteiger partial charge is 0.131 e. The van der Waals surface area contributed by atoms with Crippen molar-refractivity contribution in [2.24, 2.45) is 0 Å². The average Bonchev–Trinajstić information content (AvgIpc) is 2.46. The van der Waals surface area contributed by atoms with E-state index in [1.54, 1.807) is 6.20 Å². The summed E-state index contributed by atoms with van der Waals surface area (Å²) in [6, 6.07) is 1.97. The first-order valence-corrected chi connectivity index (χ1v) is 7.19. The topological polar surface area (TPSA) is 54.8 Å². The third-order valence-electron chi connectivity index (χ3n) is 3.01. The van der Waals surface area contributed by atoms with Gasteiger partial charge in [0.05, 0.1) is 19.8 Å². The number of hydrogen-bond acceptors (Lipinski definition) is 5. The molecule has 1 rings (SSSR count). The van der Waals surface area contributed by atoms with Crippen molar-refractivity contribution in [3.05, 3.63) is 23.4 Å². The molecule has 0 radical (unpaired) electrons. The number of aryl methyl sites for hydroxylation is 1. The number of anilines is 1. The number of rotatable bonds is 10. The zero-order valence-electron chi connectivity index (χ0n) is 12.8. The summed E-state index contributed by atoms with van der Waals surface area (Å²) in [5.74, 6) is 0.932. The lowest BCUT2D eigenvalue weighted by Crippen LogP contribution is -2.32. The van der Waals surface area contributed by atoms with Gasteiger partial charge in [-0.05, 0) is 38.0 Å². The molecule has 20 heavy (non-hydrogen) atoms. The highest BCUT2D eigenvalue weighted by Crippen LogP contribution is 2.17. The number of aliphatic hydroxyl groups excluding tert-OH is 1. The van der Waals surface area contributed by atoms with Gasteiger partial charge in [-0.15, -0.1) is 0 Å². The van der Waals surface area contributed by atoms with Crippen LogP contribution >= 0.6 is 0 Å². The Morgan fingerprint density at radius 2 is 1.75 bits per heavy atom. The summed E-state index contributed by atoms with van der Waals surface area (Å²) < 4.78 is 10.9. The van der Waals surface area contributed by atoms with Crippen molar-refractivity contribution in [2.45, 2.75) is 27.4 Å². The van der Waals surface area contributed by atoms with Crippen molar-refractivity contribution in [3.8, 4) is 0 Å². The molecule has 0 amide bonds. The number of aromatic nitrogens is 1. The van der Waals surface area contributed by atoms with E-state index in [1.165, 1.54) is 0 Å². The largest absolute Gasteiger partial charge is 0.392 e. The van der Waals surface area contributed by atoms with E-state index in [0.29, 0.717) is 13.2 Å². The van der Waals surface area contributed by atoms with E-state index < -0.39 is 0 Å². The summed E-state index contributed by atoms with van der Waals surface area (Å²) in [6.07, 6.45) is 1.72. The second-order valence-electron chi connectivity index (χ2n) is 4.52. The van der Waals surface area contributed by atoms with E-state index in [9.17, 15) is 0 Å². The zero-order chi connectivity index (χ0) is 14.8. The minimum atomic E-state index is 0.0199. The van der Waals surface area contributed by atoms with Crippen LogP contribution in [0.3, 0.4) is 0 Å². The van der Waals surface area contributed by atoms with Gasteiger partial charge in [0.15, 0.2) is 0 Å². The highest BCUT2D eigenvalue weighted by atomic mass is 16.5. The fourth-order valence-corrected chi connectivity index (χ4v) is 2.01. The minimum Gasteiger partial charge on any atom is -0.392 e. The maximum Gasteiger partial charge on any atom is 0.131 e. The normalized spacial score (nSPS) is 10.8. The number of aliphatic hydroxyl groups is 1. The van der Waals surface area contributed by atoms with Gasteiger partial charge in [0, 0.05) is 32.5 Å². The summed E-state index contributed by atoms with van der Waals surface area (Å²) in [6.45, 7) is 10.4. The Kier molecular flexibility index (Phi) is 8.18. The summed E-state index contributed by atoms with van der Waals surface area (Å²) in [5, 5.41) is 9.14. The quantitative estimate of drug-likeness (QED) is 0.663. The molecule has 0 unspecified atom stereocenters. The molecule has 0 fully saturated rings. The van der Waals surface area contributed by atoms with Gasteiger partial charge in [-0.25, -0.2) is 4.98 Å². The first-order chi connectivity index (χ1) is 9.72. The van der Waals surface area contributed by atoms with E-state index in [-0.39, 0.29) is 6.61 Å². The molecule has 0 saturated heterocycles. The van der Waals surface area contributed by atoms with E-state index >= 15 is 0 Å². The lowest BCUT2D eigenvalue weighted by atomic mass is 10.2. The molecule has 0 aliphatic heterocycles. The van der Waals surface area contributed by atoms with Crippen LogP contribution in [0.25, 0.3) is 0 Å². The maximum atomic E-state index is 9.14. The van der Waals surface area contributed by atoms with Gasteiger partial charge in [-0.2, -0.15) is 0 Å². The third kappa shape index (κ3) is 5.45. The molecule has 1 aromatic heterocycles. The fraction of sp³-hybridized carbons (Fsp3) is 0.667. The van der Waals surface area contributed by atoms with E-state index in [2.05, 4.69) is 9.88 Å². The van der Waals surface area contributed by atoms with Gasteiger partial charge in [-0.1, -0.05) is 0 Å². The predicted octanol–water partition coefficient (Wildman–Crippen LogP) is 1.76. The lowest BCUT2D eigenvalue weighted by molar-refractivity contribution is 0.141. The average molecular weight is 282 g/mol. The van der Waals surface area contributed by atoms with Gasteiger partial charge in [0.25, 0.3) is 0 Å². The predicted molar refractivity (Wildman–Crippen MR) is 80.1 cm³/mol. The van der Waals surface area contributed by atoms with Crippen molar-refractivity contribution in [2.75, 3.05) is 44.4 Å². The molecule has 5 heteroatoms. The monoisotopic (exact) mass is 282 g/mol. The summed E-state index contributed by atoms with van der Waals surface area (Å²) in [4.78, 5) is 6.63. The van der Waals surface area contributed by atoms with Gasteiger partial charge in [0.1, 0.15) is 5.82 Å². The summed E-state index contributed by atoms with van der Waals surface area (Å²) >= 11 is 0. The highest BCUT2D eigenvalue weighted by molar-refractivity contribution is 5.47. The van der Waals surface area contributed by atoms with Crippen LogP contribution in [0, 0.1) is 6.92 Å². The van der Waals surface area contributed by atoms with Gasteiger partial charge in [0.2, 0.25) is 0 Å². The van der Waals surface area contributed by atoms with Gasteiger partial charge < -0.3 is 19.5 Å². The zero-order valence-corrected chi connectivity index (χ0v) is 12.8. The molecule has 1 aromatic rings. The second kappa shape index (κ2) is 9.69.